The van der Waals surface area contributed by atoms with Crippen LogP contribution in [0.1, 0.15) is 33.9 Å². The minimum atomic E-state index is -0.372. The Labute approximate surface area is 124 Å². The molecule has 0 bridgehead atoms. The van der Waals surface area contributed by atoms with E-state index >= 15 is 0 Å². The van der Waals surface area contributed by atoms with E-state index in [-0.39, 0.29) is 17.8 Å². The number of nitrogens with one attached hydrogen (secondary N) is 1. The number of hydrogen-bond acceptors (Lipinski definition) is 2. The van der Waals surface area contributed by atoms with Crippen molar-refractivity contribution in [1.29, 1.82) is 0 Å². The van der Waals surface area contributed by atoms with Crippen molar-refractivity contribution in [2.45, 2.75) is 19.4 Å². The summed E-state index contributed by atoms with van der Waals surface area (Å²) >= 11 is 0. The normalized spacial score (nSPS) is 12.0. The molecule has 0 aromatic heterocycles. The fourth-order valence-corrected chi connectivity index (χ4v) is 2.04. The van der Waals surface area contributed by atoms with Crippen molar-refractivity contribution in [2.24, 2.45) is 5.73 Å². The predicted octanol–water partition coefficient (Wildman–Crippen LogP) is 2.95. The molecule has 2 rings (SSSR count). The van der Waals surface area contributed by atoms with Crippen molar-refractivity contribution in [3.63, 3.8) is 0 Å². The van der Waals surface area contributed by atoms with Crippen LogP contribution < -0.4 is 11.1 Å². The lowest BCUT2D eigenvalue weighted by atomic mass is 10.0. The summed E-state index contributed by atoms with van der Waals surface area (Å²) in [6.45, 7) is 2.11. The van der Waals surface area contributed by atoms with Crippen LogP contribution in [-0.4, -0.2) is 12.5 Å². The van der Waals surface area contributed by atoms with Gasteiger partial charge in [0, 0.05) is 18.2 Å². The third-order valence-electron chi connectivity index (χ3n) is 3.40. The molecular formula is C17H19FN2O. The summed E-state index contributed by atoms with van der Waals surface area (Å²) in [4.78, 5) is 11.9. The molecule has 0 radical (unpaired) electrons. The molecule has 0 aliphatic heterocycles. The van der Waals surface area contributed by atoms with E-state index in [1.165, 1.54) is 6.07 Å². The second kappa shape index (κ2) is 6.99. The van der Waals surface area contributed by atoms with E-state index < -0.39 is 0 Å². The zero-order valence-electron chi connectivity index (χ0n) is 12.0. The van der Waals surface area contributed by atoms with Gasteiger partial charge in [-0.2, -0.15) is 0 Å². The molecule has 110 valence electrons. The fourth-order valence-electron chi connectivity index (χ4n) is 2.04. The third kappa shape index (κ3) is 4.13. The quantitative estimate of drug-likeness (QED) is 0.888. The number of hydrogen-bond donors (Lipinski definition) is 2. The van der Waals surface area contributed by atoms with E-state index in [1.807, 2.05) is 30.3 Å². The van der Waals surface area contributed by atoms with E-state index in [1.54, 1.807) is 19.1 Å². The number of aryl methyl sites for hydroxylation is 1. The molecule has 21 heavy (non-hydrogen) atoms. The highest BCUT2D eigenvalue weighted by Gasteiger charge is 2.09. The van der Waals surface area contributed by atoms with Gasteiger partial charge in [-0.25, -0.2) is 4.39 Å². The number of carbonyl (C=O) groups is 1. The molecule has 2 aromatic rings. The summed E-state index contributed by atoms with van der Waals surface area (Å²) in [6.07, 6.45) is 0.629. The van der Waals surface area contributed by atoms with Crippen LogP contribution in [-0.2, 0) is 0 Å². The van der Waals surface area contributed by atoms with Crippen LogP contribution in [0.5, 0.6) is 0 Å². The Morgan fingerprint density at radius 3 is 2.62 bits per heavy atom. The smallest absolute Gasteiger partial charge is 0.251 e. The Morgan fingerprint density at radius 1 is 1.24 bits per heavy atom. The highest BCUT2D eigenvalue weighted by molar-refractivity contribution is 5.94. The first kappa shape index (κ1) is 15.2. The van der Waals surface area contributed by atoms with Gasteiger partial charge in [0.05, 0.1) is 0 Å². The molecular weight excluding hydrogens is 267 g/mol. The van der Waals surface area contributed by atoms with Gasteiger partial charge in [0.1, 0.15) is 5.82 Å². The van der Waals surface area contributed by atoms with Crippen molar-refractivity contribution in [3.8, 4) is 0 Å². The molecule has 0 saturated carbocycles. The monoisotopic (exact) mass is 286 g/mol. The molecule has 0 saturated heterocycles. The second-order valence-electron chi connectivity index (χ2n) is 5.03. The number of carbonyl (C=O) groups excluding carboxylic acids is 1. The Bertz CT molecular complexity index is 613. The lowest BCUT2D eigenvalue weighted by molar-refractivity contribution is 0.0952. The van der Waals surface area contributed by atoms with Gasteiger partial charge in [-0.05, 0) is 36.6 Å². The van der Waals surface area contributed by atoms with E-state index in [0.717, 1.165) is 5.56 Å². The third-order valence-corrected chi connectivity index (χ3v) is 3.40. The van der Waals surface area contributed by atoms with Crippen LogP contribution in [0.3, 0.4) is 0 Å². The van der Waals surface area contributed by atoms with Crippen molar-refractivity contribution in [2.75, 3.05) is 6.54 Å². The van der Waals surface area contributed by atoms with Gasteiger partial charge in [0.15, 0.2) is 0 Å². The Morgan fingerprint density at radius 2 is 1.95 bits per heavy atom. The van der Waals surface area contributed by atoms with Crippen molar-refractivity contribution < 1.29 is 9.18 Å². The van der Waals surface area contributed by atoms with Crippen LogP contribution in [0.4, 0.5) is 4.39 Å². The SMILES string of the molecule is Cc1ccc(C(=O)NCCC(N)c2ccccc2)cc1F. The molecule has 4 heteroatoms. The van der Waals surface area contributed by atoms with Crippen LogP contribution >= 0.6 is 0 Å². The van der Waals surface area contributed by atoms with Gasteiger partial charge in [-0.15, -0.1) is 0 Å². The average molecular weight is 286 g/mol. The molecule has 0 heterocycles. The van der Waals surface area contributed by atoms with E-state index in [4.69, 9.17) is 5.73 Å². The van der Waals surface area contributed by atoms with Crippen LogP contribution in [0.25, 0.3) is 0 Å². The Kier molecular flexibility index (Phi) is 5.06. The molecule has 1 atom stereocenters. The number of amides is 1. The summed E-state index contributed by atoms with van der Waals surface area (Å²) in [6, 6.07) is 14.1. The molecule has 0 fully saturated rings. The van der Waals surface area contributed by atoms with E-state index in [0.29, 0.717) is 24.1 Å². The molecule has 3 N–H and O–H groups in total. The predicted molar refractivity (Wildman–Crippen MR) is 81.5 cm³/mol. The maximum absolute atomic E-state index is 13.4. The van der Waals surface area contributed by atoms with Gasteiger partial charge >= 0.3 is 0 Å². The number of rotatable bonds is 5. The number of benzene rings is 2. The fraction of sp³-hybridized carbons (Fsp3) is 0.235. The van der Waals surface area contributed by atoms with Crippen molar-refractivity contribution >= 4 is 5.91 Å². The van der Waals surface area contributed by atoms with Crippen LogP contribution in [0.15, 0.2) is 48.5 Å². The van der Waals surface area contributed by atoms with Gasteiger partial charge in [0.25, 0.3) is 5.91 Å². The summed E-state index contributed by atoms with van der Waals surface area (Å²) in [5.74, 6) is -0.655. The maximum atomic E-state index is 13.4. The number of nitrogens with two attached hydrogens (primary N) is 1. The van der Waals surface area contributed by atoms with Gasteiger partial charge in [-0.1, -0.05) is 36.4 Å². The highest BCUT2D eigenvalue weighted by atomic mass is 19.1. The maximum Gasteiger partial charge on any atom is 0.251 e. The first-order chi connectivity index (χ1) is 10.1. The molecule has 3 nitrogen and oxygen atoms in total. The minimum absolute atomic E-state index is 0.124. The summed E-state index contributed by atoms with van der Waals surface area (Å²) in [7, 11) is 0. The van der Waals surface area contributed by atoms with Crippen LogP contribution in [0, 0.1) is 12.7 Å². The first-order valence-corrected chi connectivity index (χ1v) is 6.93. The van der Waals surface area contributed by atoms with Crippen molar-refractivity contribution in [1.82, 2.24) is 5.32 Å². The molecule has 0 aliphatic carbocycles. The summed E-state index contributed by atoms with van der Waals surface area (Å²) in [5.41, 5.74) is 7.94. The topological polar surface area (TPSA) is 55.1 Å². The summed E-state index contributed by atoms with van der Waals surface area (Å²) < 4.78 is 13.4. The molecule has 2 aromatic carbocycles. The molecule has 1 unspecified atom stereocenters. The van der Waals surface area contributed by atoms with Crippen LogP contribution in [0.2, 0.25) is 0 Å². The average Bonchev–Trinajstić information content (AvgIpc) is 2.50. The largest absolute Gasteiger partial charge is 0.352 e. The van der Waals surface area contributed by atoms with Crippen molar-refractivity contribution in [3.05, 3.63) is 71.0 Å². The van der Waals surface area contributed by atoms with E-state index in [9.17, 15) is 9.18 Å². The second-order valence-corrected chi connectivity index (χ2v) is 5.03. The minimum Gasteiger partial charge on any atom is -0.352 e. The lowest BCUT2D eigenvalue weighted by Gasteiger charge is -2.12. The number of halogens is 1. The standard InChI is InChI=1S/C17H19FN2O/c1-12-7-8-14(11-15(12)18)17(21)20-10-9-16(19)13-5-3-2-4-6-13/h2-8,11,16H,9-10,19H2,1H3,(H,20,21). The zero-order valence-corrected chi connectivity index (χ0v) is 12.0. The lowest BCUT2D eigenvalue weighted by Crippen LogP contribution is -2.27. The Hall–Kier alpha value is -2.20. The molecule has 0 spiro atoms. The summed E-state index contributed by atoms with van der Waals surface area (Å²) in [5, 5.41) is 2.76. The van der Waals surface area contributed by atoms with E-state index in [2.05, 4.69) is 5.32 Å². The Balaban J connectivity index is 1.85. The van der Waals surface area contributed by atoms with Gasteiger partial charge in [-0.3, -0.25) is 4.79 Å². The zero-order chi connectivity index (χ0) is 15.2. The van der Waals surface area contributed by atoms with Gasteiger partial charge < -0.3 is 11.1 Å². The van der Waals surface area contributed by atoms with Gasteiger partial charge in [0.2, 0.25) is 0 Å². The first-order valence-electron chi connectivity index (χ1n) is 6.93. The molecule has 0 aliphatic rings. The molecule has 1 amide bonds. The highest BCUT2D eigenvalue weighted by Crippen LogP contribution is 2.13.